The molecule has 2 N–H and O–H groups in total. The maximum absolute atomic E-state index is 13.1. The molecule has 1 aromatic heterocycles. The van der Waals surface area contributed by atoms with Gasteiger partial charge in [-0.15, -0.1) is 0 Å². The van der Waals surface area contributed by atoms with Gasteiger partial charge in [0.25, 0.3) is 5.91 Å². The van der Waals surface area contributed by atoms with Crippen molar-refractivity contribution in [3.8, 4) is 0 Å². The van der Waals surface area contributed by atoms with Gasteiger partial charge < -0.3 is 29.1 Å². The van der Waals surface area contributed by atoms with Crippen LogP contribution in [-0.2, 0) is 19.0 Å². The van der Waals surface area contributed by atoms with Gasteiger partial charge >= 0.3 is 0 Å². The number of carbonyl (C=O) groups is 1. The zero-order chi connectivity index (χ0) is 21.9. The number of allylic oxidation sites excluding steroid dienone is 1. The Hall–Kier alpha value is -2.35. The van der Waals surface area contributed by atoms with E-state index in [1.165, 1.54) is 19.3 Å². The van der Waals surface area contributed by atoms with Crippen LogP contribution in [0.25, 0.3) is 11.0 Å². The molecule has 32 heavy (non-hydrogen) atoms. The first-order valence-electron chi connectivity index (χ1n) is 11.7. The van der Waals surface area contributed by atoms with Crippen molar-refractivity contribution in [2.75, 3.05) is 26.4 Å². The van der Waals surface area contributed by atoms with E-state index in [4.69, 9.17) is 23.7 Å². The van der Waals surface area contributed by atoms with E-state index < -0.39 is 6.29 Å². The average molecular weight is 442 g/mol. The van der Waals surface area contributed by atoms with E-state index in [0.717, 1.165) is 28.9 Å². The third-order valence-corrected chi connectivity index (χ3v) is 7.01. The molecule has 1 aromatic carbocycles. The normalized spacial score (nSPS) is 29.2. The predicted octanol–water partition coefficient (Wildman–Crippen LogP) is 3.48. The number of fused-ring (bicyclic) bond motifs is 3. The first-order valence-corrected chi connectivity index (χ1v) is 11.7. The van der Waals surface area contributed by atoms with Crippen LogP contribution in [0.1, 0.15) is 43.6 Å². The van der Waals surface area contributed by atoms with Gasteiger partial charge in [-0.1, -0.05) is 24.6 Å². The van der Waals surface area contributed by atoms with Crippen molar-refractivity contribution in [2.24, 2.45) is 11.8 Å². The molecule has 2 bridgehead atoms. The van der Waals surface area contributed by atoms with E-state index in [2.05, 4.69) is 5.32 Å². The van der Waals surface area contributed by atoms with Crippen molar-refractivity contribution in [2.45, 2.75) is 50.4 Å². The second-order valence-electron chi connectivity index (χ2n) is 9.07. The molecule has 5 atom stereocenters. The van der Waals surface area contributed by atoms with Gasteiger partial charge in [-0.3, -0.25) is 4.79 Å². The number of hydrogen-bond donors (Lipinski definition) is 2. The molecule has 172 valence electrons. The van der Waals surface area contributed by atoms with Crippen LogP contribution in [0.2, 0.25) is 0 Å². The van der Waals surface area contributed by atoms with E-state index in [0.29, 0.717) is 31.3 Å². The number of amides is 1. The third kappa shape index (κ3) is 4.56. The minimum absolute atomic E-state index is 0.0222. The average Bonchev–Trinajstić information content (AvgIpc) is 3.54. The summed E-state index contributed by atoms with van der Waals surface area (Å²) in [7, 11) is 0. The number of rotatable bonds is 9. The van der Waals surface area contributed by atoms with Crippen molar-refractivity contribution in [1.82, 2.24) is 5.32 Å². The summed E-state index contributed by atoms with van der Waals surface area (Å²) in [5, 5.41) is 13.1. The van der Waals surface area contributed by atoms with Crippen LogP contribution in [0.3, 0.4) is 0 Å². The van der Waals surface area contributed by atoms with Crippen molar-refractivity contribution >= 4 is 16.9 Å². The van der Waals surface area contributed by atoms with Crippen molar-refractivity contribution in [3.63, 3.8) is 0 Å². The van der Waals surface area contributed by atoms with Gasteiger partial charge in [-0.25, -0.2) is 0 Å². The Balaban J connectivity index is 1.32. The molecule has 7 heteroatoms. The highest BCUT2D eigenvalue weighted by Crippen LogP contribution is 2.44. The van der Waals surface area contributed by atoms with Crippen LogP contribution in [0, 0.1) is 11.8 Å². The lowest BCUT2D eigenvalue weighted by molar-refractivity contribution is -0.151. The molecule has 0 saturated heterocycles. The SMILES string of the molecule is O=C(NC1CC2CCC1C2)C1=C[C@H](c2coc3ccccc23)C[C@H](OCCOCCO)O1. The Morgan fingerprint density at radius 3 is 2.84 bits per heavy atom. The molecule has 2 aromatic rings. The van der Waals surface area contributed by atoms with Crippen molar-refractivity contribution in [1.29, 1.82) is 0 Å². The summed E-state index contributed by atoms with van der Waals surface area (Å²) in [6.07, 6.45) is 8.49. The summed E-state index contributed by atoms with van der Waals surface area (Å²) in [6, 6.07) is 8.15. The first-order chi connectivity index (χ1) is 15.7. The number of ether oxygens (including phenoxy) is 3. The van der Waals surface area contributed by atoms with Gasteiger partial charge in [0.05, 0.1) is 32.7 Å². The second-order valence-corrected chi connectivity index (χ2v) is 9.07. The molecular formula is C25H31NO6. The standard InChI is InChI=1S/C25H31NO6/c27-7-8-29-9-10-30-24-14-18(20-15-31-22-4-2-1-3-19(20)22)13-23(32-24)25(28)26-21-12-16-5-6-17(21)11-16/h1-4,13,15-18,21,24,27H,5-12,14H2,(H,26,28)/t16?,17?,18-,21?,24+/m0/s1. The Morgan fingerprint density at radius 2 is 2.03 bits per heavy atom. The fourth-order valence-electron chi connectivity index (χ4n) is 5.49. The highest BCUT2D eigenvalue weighted by Gasteiger charge is 2.41. The smallest absolute Gasteiger partial charge is 0.286 e. The molecule has 2 fully saturated rings. The molecule has 1 amide bonds. The maximum atomic E-state index is 13.1. The van der Waals surface area contributed by atoms with Crippen LogP contribution < -0.4 is 5.32 Å². The number of aliphatic hydroxyl groups is 1. The summed E-state index contributed by atoms with van der Waals surface area (Å²) in [6.45, 7) is 0.933. The molecule has 3 unspecified atom stereocenters. The fraction of sp³-hybridized carbons (Fsp3) is 0.560. The Morgan fingerprint density at radius 1 is 1.12 bits per heavy atom. The minimum Gasteiger partial charge on any atom is -0.464 e. The van der Waals surface area contributed by atoms with Crippen LogP contribution in [0.15, 0.2) is 46.8 Å². The van der Waals surface area contributed by atoms with Crippen LogP contribution >= 0.6 is 0 Å². The summed E-state index contributed by atoms with van der Waals surface area (Å²) in [5.74, 6) is 1.45. The van der Waals surface area contributed by atoms with Gasteiger partial charge in [-0.05, 0) is 43.2 Å². The largest absolute Gasteiger partial charge is 0.464 e. The Labute approximate surface area is 187 Å². The number of nitrogens with one attached hydrogen (secondary N) is 1. The summed E-state index contributed by atoms with van der Waals surface area (Å²) in [4.78, 5) is 13.1. The third-order valence-electron chi connectivity index (χ3n) is 7.01. The topological polar surface area (TPSA) is 90.2 Å². The van der Waals surface area contributed by atoms with Gasteiger partial charge in [0, 0.05) is 29.3 Å². The van der Waals surface area contributed by atoms with Crippen LogP contribution in [0.4, 0.5) is 0 Å². The molecule has 5 rings (SSSR count). The number of para-hydroxylation sites is 1. The molecule has 3 aliphatic rings. The predicted molar refractivity (Wildman–Crippen MR) is 118 cm³/mol. The van der Waals surface area contributed by atoms with E-state index in [1.54, 1.807) is 6.26 Å². The first kappa shape index (κ1) is 21.5. The van der Waals surface area contributed by atoms with Crippen LogP contribution in [-0.4, -0.2) is 49.8 Å². The highest BCUT2D eigenvalue weighted by molar-refractivity contribution is 5.92. The second kappa shape index (κ2) is 9.65. The lowest BCUT2D eigenvalue weighted by Crippen LogP contribution is -2.41. The zero-order valence-corrected chi connectivity index (χ0v) is 18.2. The minimum atomic E-state index is -0.558. The number of furan rings is 1. The maximum Gasteiger partial charge on any atom is 0.286 e. The van der Waals surface area contributed by atoms with Gasteiger partial charge in [0.15, 0.2) is 5.76 Å². The van der Waals surface area contributed by atoms with E-state index in [1.807, 2.05) is 30.3 Å². The Kier molecular flexibility index (Phi) is 6.48. The van der Waals surface area contributed by atoms with E-state index >= 15 is 0 Å². The number of hydrogen-bond acceptors (Lipinski definition) is 6. The molecule has 2 aliphatic carbocycles. The Bertz CT molecular complexity index is 968. The summed E-state index contributed by atoms with van der Waals surface area (Å²) < 4.78 is 22.9. The number of aliphatic hydroxyl groups excluding tert-OH is 1. The molecule has 0 spiro atoms. The molecular weight excluding hydrogens is 410 g/mol. The highest BCUT2D eigenvalue weighted by atomic mass is 16.7. The monoisotopic (exact) mass is 441 g/mol. The molecule has 0 radical (unpaired) electrons. The molecule has 2 saturated carbocycles. The lowest BCUT2D eigenvalue weighted by Gasteiger charge is -2.30. The summed E-state index contributed by atoms with van der Waals surface area (Å²) in [5.41, 5.74) is 1.85. The molecule has 1 aliphatic heterocycles. The van der Waals surface area contributed by atoms with E-state index in [-0.39, 0.29) is 31.1 Å². The van der Waals surface area contributed by atoms with Gasteiger partial charge in [0.2, 0.25) is 6.29 Å². The number of carbonyl (C=O) groups excluding carboxylic acids is 1. The van der Waals surface area contributed by atoms with Gasteiger partial charge in [-0.2, -0.15) is 0 Å². The van der Waals surface area contributed by atoms with E-state index in [9.17, 15) is 4.79 Å². The van der Waals surface area contributed by atoms with Crippen LogP contribution in [0.5, 0.6) is 0 Å². The van der Waals surface area contributed by atoms with Gasteiger partial charge in [0.1, 0.15) is 5.58 Å². The molecule has 7 nitrogen and oxygen atoms in total. The van der Waals surface area contributed by atoms with Crippen molar-refractivity contribution < 1.29 is 28.5 Å². The molecule has 2 heterocycles. The quantitative estimate of drug-likeness (QED) is 0.579. The fourth-order valence-corrected chi connectivity index (χ4v) is 5.49. The van der Waals surface area contributed by atoms with Crippen molar-refractivity contribution in [3.05, 3.63) is 47.9 Å². The number of benzene rings is 1. The summed E-state index contributed by atoms with van der Waals surface area (Å²) >= 11 is 0. The lowest BCUT2D eigenvalue weighted by atomic mass is 9.92. The zero-order valence-electron chi connectivity index (χ0n) is 18.2.